The van der Waals surface area contributed by atoms with Gasteiger partial charge in [-0.1, -0.05) is 0 Å². The molecule has 0 bridgehead atoms. The molecule has 0 aromatic carbocycles. The highest BCUT2D eigenvalue weighted by atomic mass is 79.9. The Morgan fingerprint density at radius 2 is 2.33 bits per heavy atom. The molecule has 0 amide bonds. The predicted molar refractivity (Wildman–Crippen MR) is 59.0 cm³/mol. The van der Waals surface area contributed by atoms with Gasteiger partial charge in [0.2, 0.25) is 5.65 Å². The largest absolute Gasteiger partial charge is 0.472 e. The molecular weight excluding hydrogens is 258 g/mol. The number of ether oxygens (including phenoxy) is 1. The first-order valence-electron chi connectivity index (χ1n) is 4.99. The van der Waals surface area contributed by atoms with E-state index in [9.17, 15) is 0 Å². The number of hydrogen-bond donors (Lipinski definition) is 0. The Morgan fingerprint density at radius 1 is 1.47 bits per heavy atom. The van der Waals surface area contributed by atoms with E-state index in [-0.39, 0.29) is 0 Å². The van der Waals surface area contributed by atoms with Gasteiger partial charge >= 0.3 is 0 Å². The number of hydrogen-bond acceptors (Lipinski definition) is 3. The Bertz CT molecular complexity index is 492. The van der Waals surface area contributed by atoms with Crippen LogP contribution in [-0.4, -0.2) is 20.5 Å². The van der Waals surface area contributed by atoms with Crippen LogP contribution in [0, 0.1) is 0 Å². The van der Waals surface area contributed by atoms with Crippen molar-refractivity contribution in [3.8, 4) is 5.88 Å². The molecule has 0 atom stereocenters. The molecule has 78 valence electrons. The average molecular weight is 268 g/mol. The summed E-state index contributed by atoms with van der Waals surface area (Å²) in [6, 6.07) is 0. The quantitative estimate of drug-likeness (QED) is 0.839. The van der Waals surface area contributed by atoms with Crippen LogP contribution in [0.1, 0.15) is 19.3 Å². The molecule has 0 saturated heterocycles. The first kappa shape index (κ1) is 9.15. The highest BCUT2D eigenvalue weighted by Crippen LogP contribution is 2.27. The molecule has 2 heterocycles. The van der Waals surface area contributed by atoms with Crippen LogP contribution < -0.4 is 4.74 Å². The van der Waals surface area contributed by atoms with Crippen molar-refractivity contribution in [2.24, 2.45) is 0 Å². The van der Waals surface area contributed by atoms with E-state index in [1.807, 2.05) is 16.8 Å². The molecule has 1 saturated carbocycles. The van der Waals surface area contributed by atoms with Crippen LogP contribution in [0.3, 0.4) is 0 Å². The van der Waals surface area contributed by atoms with Gasteiger partial charge in [-0.05, 0) is 35.2 Å². The monoisotopic (exact) mass is 267 g/mol. The lowest BCUT2D eigenvalue weighted by atomic mass is 9.96. The van der Waals surface area contributed by atoms with Crippen molar-refractivity contribution >= 4 is 21.6 Å². The van der Waals surface area contributed by atoms with Gasteiger partial charge in [-0.3, -0.25) is 4.40 Å². The van der Waals surface area contributed by atoms with Crippen molar-refractivity contribution in [1.29, 1.82) is 0 Å². The normalized spacial score (nSPS) is 16.6. The minimum Gasteiger partial charge on any atom is -0.472 e. The summed E-state index contributed by atoms with van der Waals surface area (Å²) in [5.41, 5.74) is 0.783. The zero-order valence-electron chi connectivity index (χ0n) is 8.06. The third-order valence-corrected chi connectivity index (χ3v) is 3.03. The lowest BCUT2D eigenvalue weighted by Gasteiger charge is -2.25. The minimum atomic E-state index is 0.326. The van der Waals surface area contributed by atoms with E-state index in [2.05, 4.69) is 25.9 Å². The summed E-state index contributed by atoms with van der Waals surface area (Å²) < 4.78 is 8.45. The fourth-order valence-corrected chi connectivity index (χ4v) is 1.98. The maximum absolute atomic E-state index is 5.78. The summed E-state index contributed by atoms with van der Waals surface area (Å²) in [7, 11) is 0. The van der Waals surface area contributed by atoms with Gasteiger partial charge in [0.15, 0.2) is 0 Å². The van der Waals surface area contributed by atoms with E-state index in [0.29, 0.717) is 12.0 Å². The second-order valence-electron chi connectivity index (χ2n) is 3.70. The second kappa shape index (κ2) is 3.48. The molecule has 5 heteroatoms. The van der Waals surface area contributed by atoms with Crippen molar-refractivity contribution < 1.29 is 4.74 Å². The predicted octanol–water partition coefficient (Wildman–Crippen LogP) is 2.42. The molecule has 0 aliphatic heterocycles. The molecule has 0 radical (unpaired) electrons. The van der Waals surface area contributed by atoms with Gasteiger partial charge < -0.3 is 4.74 Å². The summed E-state index contributed by atoms with van der Waals surface area (Å²) in [5.74, 6) is 0.624. The van der Waals surface area contributed by atoms with Gasteiger partial charge in [-0.2, -0.15) is 0 Å². The van der Waals surface area contributed by atoms with E-state index in [1.54, 1.807) is 6.20 Å². The average Bonchev–Trinajstić information content (AvgIpc) is 2.58. The third kappa shape index (κ3) is 1.61. The van der Waals surface area contributed by atoms with Crippen molar-refractivity contribution in [3.63, 3.8) is 0 Å². The summed E-state index contributed by atoms with van der Waals surface area (Å²) in [6.45, 7) is 0. The summed E-state index contributed by atoms with van der Waals surface area (Å²) >= 11 is 3.36. The number of nitrogens with zero attached hydrogens (tertiary/aromatic N) is 3. The standard InChI is InChI=1S/C10H10BrN3O/c11-8-6-14-5-4-12-9(14)10(13-8)15-7-2-1-3-7/h4-7H,1-3H2. The van der Waals surface area contributed by atoms with Gasteiger partial charge in [-0.25, -0.2) is 9.97 Å². The Labute approximate surface area is 95.4 Å². The summed E-state index contributed by atoms with van der Waals surface area (Å²) in [6.07, 6.45) is 9.33. The van der Waals surface area contributed by atoms with Crippen molar-refractivity contribution in [2.75, 3.05) is 0 Å². The zero-order valence-corrected chi connectivity index (χ0v) is 9.64. The van der Waals surface area contributed by atoms with E-state index in [1.165, 1.54) is 6.42 Å². The SMILES string of the molecule is Brc1cn2ccnc2c(OC2CCC2)n1. The molecule has 4 nitrogen and oxygen atoms in total. The van der Waals surface area contributed by atoms with E-state index in [4.69, 9.17) is 4.74 Å². The Morgan fingerprint density at radius 3 is 3.07 bits per heavy atom. The Balaban J connectivity index is 2.02. The smallest absolute Gasteiger partial charge is 0.259 e. The van der Waals surface area contributed by atoms with E-state index in [0.717, 1.165) is 23.1 Å². The number of halogens is 1. The Hall–Kier alpha value is -1.10. The number of rotatable bonds is 2. The third-order valence-electron chi connectivity index (χ3n) is 2.64. The fraction of sp³-hybridized carbons (Fsp3) is 0.400. The first-order valence-corrected chi connectivity index (χ1v) is 5.78. The van der Waals surface area contributed by atoms with Crippen molar-refractivity contribution in [2.45, 2.75) is 25.4 Å². The molecular formula is C10H10BrN3O. The lowest BCUT2D eigenvalue weighted by Crippen LogP contribution is -2.25. The molecule has 3 rings (SSSR count). The van der Waals surface area contributed by atoms with Crippen LogP contribution in [0.2, 0.25) is 0 Å². The summed E-state index contributed by atoms with van der Waals surface area (Å²) in [5, 5.41) is 0. The van der Waals surface area contributed by atoms with Crippen molar-refractivity contribution in [1.82, 2.24) is 14.4 Å². The van der Waals surface area contributed by atoms with Crippen LogP contribution in [0.25, 0.3) is 5.65 Å². The Kier molecular flexibility index (Phi) is 2.12. The van der Waals surface area contributed by atoms with Gasteiger partial charge in [0.05, 0.1) is 0 Å². The topological polar surface area (TPSA) is 39.4 Å². The molecule has 0 spiro atoms. The van der Waals surface area contributed by atoms with Crippen LogP contribution in [0.15, 0.2) is 23.2 Å². The molecule has 2 aromatic heterocycles. The number of aromatic nitrogens is 3. The minimum absolute atomic E-state index is 0.326. The molecule has 1 aliphatic rings. The van der Waals surface area contributed by atoms with E-state index >= 15 is 0 Å². The van der Waals surface area contributed by atoms with Gasteiger partial charge in [-0.15, -0.1) is 0 Å². The zero-order chi connectivity index (χ0) is 10.3. The van der Waals surface area contributed by atoms with Crippen LogP contribution in [-0.2, 0) is 0 Å². The highest BCUT2D eigenvalue weighted by molar-refractivity contribution is 9.10. The fourth-order valence-electron chi connectivity index (χ4n) is 1.60. The maximum atomic E-state index is 5.78. The molecule has 0 N–H and O–H groups in total. The molecule has 15 heavy (non-hydrogen) atoms. The van der Waals surface area contributed by atoms with Gasteiger partial charge in [0.1, 0.15) is 10.7 Å². The van der Waals surface area contributed by atoms with Crippen LogP contribution in [0.5, 0.6) is 5.88 Å². The molecule has 1 fully saturated rings. The van der Waals surface area contributed by atoms with Gasteiger partial charge in [0, 0.05) is 18.6 Å². The maximum Gasteiger partial charge on any atom is 0.259 e. The van der Waals surface area contributed by atoms with Crippen molar-refractivity contribution in [3.05, 3.63) is 23.2 Å². The molecule has 0 unspecified atom stereocenters. The molecule has 2 aromatic rings. The first-order chi connectivity index (χ1) is 7.33. The number of fused-ring (bicyclic) bond motifs is 1. The van der Waals surface area contributed by atoms with Crippen LogP contribution >= 0.6 is 15.9 Å². The van der Waals surface area contributed by atoms with Gasteiger partial charge in [0.25, 0.3) is 5.88 Å². The highest BCUT2D eigenvalue weighted by Gasteiger charge is 2.21. The van der Waals surface area contributed by atoms with E-state index < -0.39 is 0 Å². The lowest BCUT2D eigenvalue weighted by molar-refractivity contribution is 0.115. The second-order valence-corrected chi connectivity index (χ2v) is 4.51. The van der Waals surface area contributed by atoms with Crippen LogP contribution in [0.4, 0.5) is 0 Å². The molecule has 1 aliphatic carbocycles. The summed E-state index contributed by atoms with van der Waals surface area (Å²) in [4.78, 5) is 8.53. The number of imidazole rings is 1.